The SMILES string of the molecule is CC(C)(C)c1cc(N2C(=O)C(=O)C(=C(O)c3ccc(Cl)cc3)[C@H]2c2ccc(F)cc2)no1. The number of aliphatic hydroxyl groups excluding tert-OH is 1. The molecule has 1 amide bonds. The molecule has 1 aromatic heterocycles. The number of anilines is 1. The number of aromatic nitrogens is 1. The molecule has 6 nitrogen and oxygen atoms in total. The van der Waals surface area contributed by atoms with E-state index in [1.165, 1.54) is 24.3 Å². The molecule has 4 rings (SSSR count). The predicted molar refractivity (Wildman–Crippen MR) is 118 cm³/mol. The second kappa shape index (κ2) is 7.91. The smallest absolute Gasteiger partial charge is 0.301 e. The Morgan fingerprint density at radius 1 is 1.09 bits per heavy atom. The second-order valence-electron chi connectivity index (χ2n) is 8.53. The normalized spacial score (nSPS) is 18.4. The zero-order valence-corrected chi connectivity index (χ0v) is 18.4. The summed E-state index contributed by atoms with van der Waals surface area (Å²) in [6.07, 6.45) is 0. The van der Waals surface area contributed by atoms with Crippen LogP contribution >= 0.6 is 11.6 Å². The predicted octanol–water partition coefficient (Wildman–Crippen LogP) is 5.39. The van der Waals surface area contributed by atoms with Crippen molar-refractivity contribution in [2.24, 2.45) is 0 Å². The molecule has 2 aromatic carbocycles. The lowest BCUT2D eigenvalue weighted by molar-refractivity contribution is -0.132. The molecule has 0 spiro atoms. The molecule has 1 aliphatic rings. The van der Waals surface area contributed by atoms with Crippen molar-refractivity contribution in [2.45, 2.75) is 32.2 Å². The lowest BCUT2D eigenvalue weighted by Crippen LogP contribution is -2.29. The van der Waals surface area contributed by atoms with E-state index in [9.17, 15) is 19.1 Å². The van der Waals surface area contributed by atoms with Crippen LogP contribution in [-0.4, -0.2) is 22.0 Å². The molecule has 0 bridgehead atoms. The van der Waals surface area contributed by atoms with E-state index in [0.717, 1.165) is 4.90 Å². The van der Waals surface area contributed by atoms with Crippen LogP contribution in [0.3, 0.4) is 0 Å². The summed E-state index contributed by atoms with van der Waals surface area (Å²) in [5.74, 6) is -1.95. The molecule has 1 saturated heterocycles. The van der Waals surface area contributed by atoms with Crippen LogP contribution in [0.25, 0.3) is 5.76 Å². The van der Waals surface area contributed by atoms with Crippen LogP contribution in [0.2, 0.25) is 5.02 Å². The molecule has 1 atom stereocenters. The fourth-order valence-electron chi connectivity index (χ4n) is 3.53. The average Bonchev–Trinajstić information content (AvgIpc) is 3.32. The molecule has 0 aliphatic carbocycles. The van der Waals surface area contributed by atoms with Crippen LogP contribution in [0, 0.1) is 5.82 Å². The Morgan fingerprint density at radius 3 is 2.28 bits per heavy atom. The number of nitrogens with zero attached hydrogens (tertiary/aromatic N) is 2. The van der Waals surface area contributed by atoms with Crippen LogP contribution in [0.15, 0.2) is 64.7 Å². The van der Waals surface area contributed by atoms with Gasteiger partial charge in [-0.2, -0.15) is 0 Å². The minimum atomic E-state index is -1.02. The number of benzene rings is 2. The molecule has 1 aliphatic heterocycles. The molecule has 164 valence electrons. The molecule has 2 heterocycles. The summed E-state index contributed by atoms with van der Waals surface area (Å²) in [5, 5.41) is 15.5. The first-order valence-electron chi connectivity index (χ1n) is 9.87. The standard InChI is InChI=1S/C24H20ClFN2O4/c1-24(2,3)17-12-18(27-32-17)28-20(13-6-10-16(26)11-7-13)19(22(30)23(28)31)21(29)14-4-8-15(25)9-5-14/h4-12,20,29H,1-3H3/t20-/m1/s1. The van der Waals surface area contributed by atoms with Crippen molar-refractivity contribution < 1.29 is 23.6 Å². The van der Waals surface area contributed by atoms with Crippen molar-refractivity contribution in [3.05, 3.63) is 87.9 Å². The van der Waals surface area contributed by atoms with Gasteiger partial charge in [0, 0.05) is 22.1 Å². The molecule has 1 fully saturated rings. The zero-order chi connectivity index (χ0) is 23.2. The summed E-state index contributed by atoms with van der Waals surface area (Å²) in [6.45, 7) is 5.76. The first kappa shape index (κ1) is 21.8. The van der Waals surface area contributed by atoms with E-state index < -0.39 is 23.5 Å². The third-order valence-corrected chi connectivity index (χ3v) is 5.48. The molecular formula is C24H20ClFN2O4. The lowest BCUT2D eigenvalue weighted by atomic mass is 9.93. The van der Waals surface area contributed by atoms with Crippen molar-refractivity contribution in [1.29, 1.82) is 0 Å². The van der Waals surface area contributed by atoms with Crippen LogP contribution in [0.4, 0.5) is 10.2 Å². The van der Waals surface area contributed by atoms with Gasteiger partial charge in [-0.25, -0.2) is 4.39 Å². The largest absolute Gasteiger partial charge is 0.507 e. The van der Waals surface area contributed by atoms with E-state index in [-0.39, 0.29) is 22.6 Å². The number of Topliss-reactive ketones (excluding diaryl/α,β-unsaturated/α-hetero) is 1. The Bertz CT molecular complexity index is 1220. The van der Waals surface area contributed by atoms with Crippen molar-refractivity contribution in [1.82, 2.24) is 5.16 Å². The highest BCUT2D eigenvalue weighted by Crippen LogP contribution is 2.42. The number of ketones is 1. The van der Waals surface area contributed by atoms with Crippen LogP contribution in [0.1, 0.15) is 43.7 Å². The quantitative estimate of drug-likeness (QED) is 0.326. The number of halogens is 2. The van der Waals surface area contributed by atoms with Crippen LogP contribution < -0.4 is 4.90 Å². The summed E-state index contributed by atoms with van der Waals surface area (Å²) in [7, 11) is 0. The maximum absolute atomic E-state index is 13.6. The van der Waals surface area contributed by atoms with E-state index in [1.807, 2.05) is 20.8 Å². The van der Waals surface area contributed by atoms with Gasteiger partial charge in [0.2, 0.25) is 0 Å². The molecular weight excluding hydrogens is 435 g/mol. The Morgan fingerprint density at radius 2 is 1.72 bits per heavy atom. The number of hydrogen-bond donors (Lipinski definition) is 1. The van der Waals surface area contributed by atoms with Gasteiger partial charge in [-0.3, -0.25) is 14.5 Å². The third-order valence-electron chi connectivity index (χ3n) is 5.23. The van der Waals surface area contributed by atoms with Gasteiger partial charge in [-0.05, 0) is 42.0 Å². The van der Waals surface area contributed by atoms with Gasteiger partial charge in [0.15, 0.2) is 5.82 Å². The van der Waals surface area contributed by atoms with Gasteiger partial charge in [0.05, 0.1) is 11.6 Å². The molecule has 8 heteroatoms. The van der Waals surface area contributed by atoms with Gasteiger partial charge in [-0.1, -0.05) is 49.7 Å². The fraction of sp³-hybridized carbons (Fsp3) is 0.208. The molecule has 0 saturated carbocycles. The van der Waals surface area contributed by atoms with E-state index in [0.29, 0.717) is 21.9 Å². The van der Waals surface area contributed by atoms with E-state index in [2.05, 4.69) is 5.16 Å². The summed E-state index contributed by atoms with van der Waals surface area (Å²) in [6, 6.07) is 12.1. The highest BCUT2D eigenvalue weighted by atomic mass is 35.5. The average molecular weight is 455 g/mol. The number of amides is 1. The van der Waals surface area contributed by atoms with E-state index in [4.69, 9.17) is 16.1 Å². The highest BCUT2D eigenvalue weighted by Gasteiger charge is 2.48. The Labute approximate surface area is 188 Å². The van der Waals surface area contributed by atoms with Crippen molar-refractivity contribution in [3.63, 3.8) is 0 Å². The Kier molecular flexibility index (Phi) is 5.38. The number of carbonyl (C=O) groups is 2. The van der Waals surface area contributed by atoms with Crippen molar-refractivity contribution >= 4 is 34.9 Å². The molecule has 32 heavy (non-hydrogen) atoms. The monoisotopic (exact) mass is 454 g/mol. The summed E-state index contributed by atoms with van der Waals surface area (Å²) in [4.78, 5) is 27.3. The maximum Gasteiger partial charge on any atom is 0.301 e. The minimum Gasteiger partial charge on any atom is -0.507 e. The number of rotatable bonds is 3. The number of aliphatic hydroxyl groups is 1. The van der Waals surface area contributed by atoms with E-state index in [1.54, 1.807) is 30.3 Å². The minimum absolute atomic E-state index is 0.126. The molecule has 1 N–H and O–H groups in total. The Hall–Kier alpha value is -3.45. The maximum atomic E-state index is 13.6. The second-order valence-corrected chi connectivity index (χ2v) is 8.96. The summed E-state index contributed by atoms with van der Waals surface area (Å²) in [5.41, 5.74) is 0.230. The number of hydrogen-bond acceptors (Lipinski definition) is 5. The van der Waals surface area contributed by atoms with Crippen LogP contribution in [0.5, 0.6) is 0 Å². The van der Waals surface area contributed by atoms with Gasteiger partial charge >= 0.3 is 5.91 Å². The van der Waals surface area contributed by atoms with Gasteiger partial charge in [-0.15, -0.1) is 0 Å². The summed E-state index contributed by atoms with van der Waals surface area (Å²) < 4.78 is 19.0. The van der Waals surface area contributed by atoms with Crippen LogP contribution in [-0.2, 0) is 15.0 Å². The van der Waals surface area contributed by atoms with Gasteiger partial charge in [0.1, 0.15) is 17.3 Å². The van der Waals surface area contributed by atoms with Crippen molar-refractivity contribution in [2.75, 3.05) is 4.90 Å². The van der Waals surface area contributed by atoms with Crippen molar-refractivity contribution in [3.8, 4) is 0 Å². The first-order chi connectivity index (χ1) is 15.1. The topological polar surface area (TPSA) is 83.6 Å². The van der Waals surface area contributed by atoms with E-state index >= 15 is 0 Å². The Balaban J connectivity index is 1.91. The molecule has 0 radical (unpaired) electrons. The van der Waals surface area contributed by atoms with Gasteiger partial charge < -0.3 is 9.63 Å². The molecule has 0 unspecified atom stereocenters. The third kappa shape index (κ3) is 3.80. The summed E-state index contributed by atoms with van der Waals surface area (Å²) >= 11 is 5.93. The van der Waals surface area contributed by atoms with Gasteiger partial charge in [0.25, 0.3) is 5.78 Å². The molecule has 3 aromatic rings. The zero-order valence-electron chi connectivity index (χ0n) is 17.6. The lowest BCUT2D eigenvalue weighted by Gasteiger charge is -2.23. The fourth-order valence-corrected chi connectivity index (χ4v) is 3.65. The highest BCUT2D eigenvalue weighted by molar-refractivity contribution is 6.51. The number of carbonyl (C=O) groups excluding carboxylic acids is 2. The first-order valence-corrected chi connectivity index (χ1v) is 10.3.